The molecule has 16 heteroatoms. The van der Waals surface area contributed by atoms with Gasteiger partial charge in [0.25, 0.3) is 5.91 Å². The Morgan fingerprint density at radius 2 is 1.71 bits per heavy atom. The molecule has 6 aliphatic rings. The molecule has 0 aromatic heterocycles. The zero-order valence-electron chi connectivity index (χ0n) is 29.0. The molecule has 282 valence electrons. The molecule has 5 amide bonds. The number of sulfonamides is 1. The third-order valence-corrected chi connectivity index (χ3v) is 13.3. The van der Waals surface area contributed by atoms with Crippen LogP contribution in [0.5, 0.6) is 0 Å². The lowest BCUT2D eigenvalue weighted by Gasteiger charge is -2.30. The highest BCUT2D eigenvalue weighted by molar-refractivity contribution is 7.91. The summed E-state index contributed by atoms with van der Waals surface area (Å²) in [7, 11) is -3.90. The van der Waals surface area contributed by atoms with Crippen LogP contribution in [-0.2, 0) is 47.0 Å². The zero-order valence-corrected chi connectivity index (χ0v) is 30.6. The summed E-state index contributed by atoms with van der Waals surface area (Å²) in [5.41, 5.74) is 0.202. The fourth-order valence-electron chi connectivity index (χ4n) is 7.91. The van der Waals surface area contributed by atoms with Crippen molar-refractivity contribution < 1.29 is 41.9 Å². The maximum Gasteiger partial charge on any atom is 0.410 e. The van der Waals surface area contributed by atoms with Gasteiger partial charge in [-0.3, -0.25) is 24.0 Å². The fourth-order valence-corrected chi connectivity index (χ4v) is 9.53. The van der Waals surface area contributed by atoms with Crippen molar-refractivity contribution in [2.24, 2.45) is 5.92 Å². The van der Waals surface area contributed by atoms with Crippen LogP contribution < -0.4 is 15.4 Å². The van der Waals surface area contributed by atoms with Crippen molar-refractivity contribution in [3.63, 3.8) is 0 Å². The minimum atomic E-state index is -3.90. The van der Waals surface area contributed by atoms with E-state index < -0.39 is 74.8 Å². The Balaban J connectivity index is 1.12. The molecule has 3 N–H and O–H groups in total. The number of carbonyl (C=O) groups excluding carboxylic acids is 5. The molecule has 14 nitrogen and oxygen atoms in total. The van der Waals surface area contributed by atoms with Crippen molar-refractivity contribution in [3.05, 3.63) is 46.5 Å². The molecule has 3 heterocycles. The van der Waals surface area contributed by atoms with Crippen LogP contribution in [0.4, 0.5) is 9.59 Å². The Morgan fingerprint density at radius 1 is 0.942 bits per heavy atom. The Bertz CT molecular complexity index is 1750. The van der Waals surface area contributed by atoms with Crippen LogP contribution in [0.15, 0.2) is 30.4 Å². The van der Waals surface area contributed by atoms with Gasteiger partial charge in [0.1, 0.15) is 29.8 Å². The largest absolute Gasteiger partial charge is 0.446 e. The van der Waals surface area contributed by atoms with Crippen molar-refractivity contribution in [1.29, 1.82) is 0 Å². The molecule has 0 spiro atoms. The van der Waals surface area contributed by atoms with E-state index in [0.29, 0.717) is 43.7 Å². The van der Waals surface area contributed by atoms with Crippen molar-refractivity contribution in [2.45, 2.75) is 132 Å². The number of hydrogen-bond acceptors (Lipinski definition) is 9. The first-order valence-electron chi connectivity index (χ1n) is 18.5. The molecule has 0 bridgehead atoms. The van der Waals surface area contributed by atoms with E-state index in [-0.39, 0.29) is 32.0 Å². The van der Waals surface area contributed by atoms with E-state index in [1.54, 1.807) is 6.07 Å². The summed E-state index contributed by atoms with van der Waals surface area (Å²) in [6, 6.07) is 3.27. The Hall–Kier alpha value is -3.85. The molecule has 52 heavy (non-hydrogen) atoms. The number of nitrogens with zero attached hydrogens (tertiary/aromatic N) is 2. The highest BCUT2D eigenvalue weighted by Crippen LogP contribution is 2.46. The number of benzene rings is 1. The Kier molecular flexibility index (Phi) is 10.4. The summed E-state index contributed by atoms with van der Waals surface area (Å²) in [5, 5.41) is 5.49. The van der Waals surface area contributed by atoms with Crippen molar-refractivity contribution >= 4 is 51.5 Å². The predicted molar refractivity (Wildman–Crippen MR) is 188 cm³/mol. The van der Waals surface area contributed by atoms with Crippen LogP contribution in [-0.4, -0.2) is 89.8 Å². The smallest absolute Gasteiger partial charge is 0.410 e. The summed E-state index contributed by atoms with van der Waals surface area (Å²) in [4.78, 5) is 71.5. The molecular formula is C36H46ClN5O9S. The molecule has 1 aromatic rings. The van der Waals surface area contributed by atoms with Crippen molar-refractivity contribution in [2.75, 3.05) is 6.54 Å². The molecule has 1 saturated heterocycles. The number of halogens is 1. The molecule has 0 radical (unpaired) electrons. The van der Waals surface area contributed by atoms with Crippen LogP contribution in [0.3, 0.4) is 0 Å². The van der Waals surface area contributed by atoms with Gasteiger partial charge in [-0.1, -0.05) is 48.7 Å². The lowest BCUT2D eigenvalue weighted by molar-refractivity contribution is -0.141. The normalized spacial score (nSPS) is 30.2. The quantitative estimate of drug-likeness (QED) is 0.364. The molecule has 3 aliphatic heterocycles. The van der Waals surface area contributed by atoms with E-state index in [9.17, 15) is 32.4 Å². The summed E-state index contributed by atoms with van der Waals surface area (Å²) < 4.78 is 39.3. The van der Waals surface area contributed by atoms with Gasteiger partial charge in [0, 0.05) is 23.9 Å². The van der Waals surface area contributed by atoms with Gasteiger partial charge in [-0.15, -0.1) is 0 Å². The number of amides is 5. The standard InChI is InChI=1S/C36H46ClN5O9S/c37-28-13-8-9-22-19-41(21-27(22)28)35(47)51-25-17-30-31(43)39-36(33(45)40-52(48,49)26-15-16-26)18-23(36)10-4-2-1-3-5-14-29(32(44)42(30)20-25)38-34(46)50-24-11-6-7-12-24/h4,8-10,13,23-26,29-30H,1-3,5-7,11-12,14-21H2,(H,38,46)(H,39,43)(H,40,45)/b10-4-/t23-,25-,29+,30+,36-/m1/s1. The van der Waals surface area contributed by atoms with Gasteiger partial charge >= 0.3 is 12.2 Å². The van der Waals surface area contributed by atoms with Gasteiger partial charge in [-0.2, -0.15) is 0 Å². The predicted octanol–water partition coefficient (Wildman–Crippen LogP) is 3.80. The lowest BCUT2D eigenvalue weighted by atomic mass is 10.0. The number of hydrogen-bond donors (Lipinski definition) is 3. The first-order chi connectivity index (χ1) is 24.9. The maximum absolute atomic E-state index is 14.4. The van der Waals surface area contributed by atoms with Gasteiger partial charge in [0.2, 0.25) is 21.8 Å². The van der Waals surface area contributed by atoms with Gasteiger partial charge in [-0.05, 0) is 81.4 Å². The average molecular weight is 760 g/mol. The molecule has 1 aromatic carbocycles. The number of allylic oxidation sites excluding steroid dienone is 1. The second kappa shape index (κ2) is 14.9. The monoisotopic (exact) mass is 759 g/mol. The van der Waals surface area contributed by atoms with E-state index >= 15 is 0 Å². The molecule has 7 rings (SSSR count). The topological polar surface area (TPSA) is 181 Å². The molecule has 3 saturated carbocycles. The van der Waals surface area contributed by atoms with E-state index in [1.807, 2.05) is 24.3 Å². The van der Waals surface area contributed by atoms with E-state index in [1.165, 1.54) is 9.80 Å². The molecular weight excluding hydrogens is 714 g/mol. The summed E-state index contributed by atoms with van der Waals surface area (Å²) in [6.45, 7) is 0.413. The minimum Gasteiger partial charge on any atom is -0.446 e. The molecule has 0 unspecified atom stereocenters. The van der Waals surface area contributed by atoms with Gasteiger partial charge in [-0.25, -0.2) is 18.0 Å². The highest BCUT2D eigenvalue weighted by atomic mass is 35.5. The fraction of sp³-hybridized carbons (Fsp3) is 0.639. The van der Waals surface area contributed by atoms with Crippen LogP contribution in [0.25, 0.3) is 0 Å². The number of carbonyl (C=O) groups is 5. The number of rotatable bonds is 6. The second-order valence-electron chi connectivity index (χ2n) is 15.0. The van der Waals surface area contributed by atoms with E-state index in [4.69, 9.17) is 21.1 Å². The van der Waals surface area contributed by atoms with Crippen LogP contribution >= 0.6 is 11.6 Å². The van der Waals surface area contributed by atoms with Crippen molar-refractivity contribution in [1.82, 2.24) is 25.2 Å². The Morgan fingerprint density at radius 3 is 2.46 bits per heavy atom. The summed E-state index contributed by atoms with van der Waals surface area (Å²) >= 11 is 6.36. The van der Waals surface area contributed by atoms with E-state index in [2.05, 4.69) is 15.4 Å². The van der Waals surface area contributed by atoms with Crippen molar-refractivity contribution in [3.8, 4) is 0 Å². The first kappa shape index (κ1) is 36.5. The average Bonchev–Trinajstić information content (AvgIpc) is 3.88. The number of nitrogens with one attached hydrogen (secondary N) is 3. The number of fused-ring (bicyclic) bond motifs is 3. The third kappa shape index (κ3) is 7.90. The zero-order chi connectivity index (χ0) is 36.6. The Labute approximate surface area is 308 Å². The SMILES string of the molecule is O=C(N[C@H]1CCCCC/C=C\[C@@H]2C[C@@]2(C(=O)NS(=O)(=O)C2CC2)NC(=O)[C@@H]2C[C@@H](OC(=O)N3Cc4cccc(Cl)c4C3)CN2C1=O)OC1CCCC1. The van der Waals surface area contributed by atoms with Gasteiger partial charge in [0.05, 0.1) is 18.3 Å². The summed E-state index contributed by atoms with van der Waals surface area (Å²) in [6.07, 6.45) is 8.98. The van der Waals surface area contributed by atoms with Crippen LogP contribution in [0.1, 0.15) is 94.6 Å². The minimum absolute atomic E-state index is 0.0668. The number of ether oxygens (including phenoxy) is 2. The van der Waals surface area contributed by atoms with E-state index in [0.717, 1.165) is 49.7 Å². The highest BCUT2D eigenvalue weighted by Gasteiger charge is 2.62. The molecule has 4 fully saturated rings. The molecule has 3 aliphatic carbocycles. The van der Waals surface area contributed by atoms with Crippen LogP contribution in [0.2, 0.25) is 5.02 Å². The lowest BCUT2D eigenvalue weighted by Crippen LogP contribution is -2.58. The number of alkyl carbamates (subject to hydrolysis) is 1. The second-order valence-corrected chi connectivity index (χ2v) is 17.4. The maximum atomic E-state index is 14.4. The molecule has 5 atom stereocenters. The van der Waals surface area contributed by atoms with Gasteiger partial charge < -0.3 is 25.0 Å². The summed E-state index contributed by atoms with van der Waals surface area (Å²) in [5.74, 6) is -2.47. The van der Waals surface area contributed by atoms with Crippen LogP contribution in [0, 0.1) is 5.92 Å². The van der Waals surface area contributed by atoms with Gasteiger partial charge in [0.15, 0.2) is 0 Å². The third-order valence-electron chi connectivity index (χ3n) is 11.2. The first-order valence-corrected chi connectivity index (χ1v) is 20.4.